The van der Waals surface area contributed by atoms with Crippen LogP contribution >= 0.6 is 0 Å². The first-order valence-electron chi connectivity index (χ1n) is 7.09. The Balaban J connectivity index is 1.77. The zero-order valence-corrected chi connectivity index (χ0v) is 12.0. The van der Waals surface area contributed by atoms with E-state index in [1.165, 1.54) is 0 Å². The molecule has 1 atom stereocenters. The molecular weight excluding hydrogens is 266 g/mol. The molecule has 2 aromatic rings. The van der Waals surface area contributed by atoms with E-state index in [1.54, 1.807) is 13.2 Å². The van der Waals surface area contributed by atoms with Crippen molar-refractivity contribution >= 4 is 0 Å². The third-order valence-electron chi connectivity index (χ3n) is 3.79. The van der Waals surface area contributed by atoms with Gasteiger partial charge in [0, 0.05) is 30.1 Å². The van der Waals surface area contributed by atoms with Gasteiger partial charge in [-0.1, -0.05) is 18.2 Å². The second-order valence-corrected chi connectivity index (χ2v) is 5.10. The van der Waals surface area contributed by atoms with Crippen molar-refractivity contribution in [3.05, 3.63) is 53.6 Å². The van der Waals surface area contributed by atoms with Crippen LogP contribution in [0.15, 0.2) is 42.5 Å². The maximum Gasteiger partial charge on any atom is 0.124 e. The Labute approximate surface area is 124 Å². The van der Waals surface area contributed by atoms with Crippen LogP contribution in [0.25, 0.3) is 0 Å². The number of benzene rings is 2. The Morgan fingerprint density at radius 2 is 2.14 bits per heavy atom. The van der Waals surface area contributed by atoms with Crippen LogP contribution in [-0.4, -0.2) is 18.8 Å². The van der Waals surface area contributed by atoms with Crippen molar-refractivity contribution in [3.63, 3.8) is 0 Å². The number of phenols is 1. The Morgan fingerprint density at radius 1 is 1.29 bits per heavy atom. The van der Waals surface area contributed by atoms with E-state index in [0.29, 0.717) is 18.9 Å². The summed E-state index contributed by atoms with van der Waals surface area (Å²) in [5.74, 6) is 2.05. The molecule has 1 unspecified atom stereocenters. The molecule has 0 amide bonds. The van der Waals surface area contributed by atoms with Crippen molar-refractivity contribution in [1.29, 1.82) is 0 Å². The molecule has 0 spiro atoms. The van der Waals surface area contributed by atoms with Crippen LogP contribution in [0.3, 0.4) is 0 Å². The topological polar surface area (TPSA) is 50.7 Å². The van der Waals surface area contributed by atoms with Crippen molar-refractivity contribution in [1.82, 2.24) is 5.32 Å². The molecule has 4 heteroatoms. The minimum atomic E-state index is 0.198. The summed E-state index contributed by atoms with van der Waals surface area (Å²) in [6, 6.07) is 13.4. The minimum absolute atomic E-state index is 0.198. The lowest BCUT2D eigenvalue weighted by Gasteiger charge is -2.27. The largest absolute Gasteiger partial charge is 0.508 e. The fourth-order valence-corrected chi connectivity index (χ4v) is 2.61. The van der Waals surface area contributed by atoms with Crippen LogP contribution in [0, 0.1) is 0 Å². The van der Waals surface area contributed by atoms with Gasteiger partial charge in [0.15, 0.2) is 0 Å². The molecule has 0 fully saturated rings. The van der Waals surface area contributed by atoms with Gasteiger partial charge in [-0.2, -0.15) is 0 Å². The summed E-state index contributed by atoms with van der Waals surface area (Å²) < 4.78 is 11.0. The molecule has 4 nitrogen and oxygen atoms in total. The lowest BCUT2D eigenvalue weighted by atomic mass is 10.00. The van der Waals surface area contributed by atoms with Gasteiger partial charge in [0.05, 0.1) is 13.7 Å². The number of rotatable bonds is 4. The Morgan fingerprint density at radius 3 is 2.95 bits per heavy atom. The molecule has 0 saturated carbocycles. The number of nitrogens with one attached hydrogen (secondary N) is 1. The van der Waals surface area contributed by atoms with Crippen LogP contribution in [-0.2, 0) is 6.54 Å². The molecule has 0 radical (unpaired) electrons. The average Bonchev–Trinajstić information content (AvgIpc) is 2.53. The molecule has 1 aliphatic heterocycles. The molecule has 0 aliphatic carbocycles. The van der Waals surface area contributed by atoms with E-state index in [0.717, 1.165) is 29.0 Å². The third kappa shape index (κ3) is 2.95. The monoisotopic (exact) mass is 285 g/mol. The van der Waals surface area contributed by atoms with Crippen LogP contribution in [0.1, 0.15) is 23.6 Å². The highest BCUT2D eigenvalue weighted by Gasteiger charge is 2.21. The number of aromatic hydroxyl groups is 1. The standard InChI is InChI=1S/C17H19NO3/c1-20-13-6-7-17-14(10-13)15(8-9-21-17)18-11-12-4-2-3-5-16(12)19/h2-7,10,15,18-19H,8-9,11H2,1H3. The predicted molar refractivity (Wildman–Crippen MR) is 80.8 cm³/mol. The predicted octanol–water partition coefficient (Wildman–Crippen LogP) is 3.01. The van der Waals surface area contributed by atoms with Crippen LogP contribution in [0.5, 0.6) is 17.2 Å². The number of para-hydroxylation sites is 1. The van der Waals surface area contributed by atoms with Gasteiger partial charge in [0.25, 0.3) is 0 Å². The first-order chi connectivity index (χ1) is 10.3. The smallest absolute Gasteiger partial charge is 0.124 e. The summed E-state index contributed by atoms with van der Waals surface area (Å²) in [5.41, 5.74) is 2.00. The summed E-state index contributed by atoms with van der Waals surface area (Å²) in [5, 5.41) is 13.3. The third-order valence-corrected chi connectivity index (χ3v) is 3.79. The summed E-state index contributed by atoms with van der Waals surface area (Å²) in [6.45, 7) is 1.31. The van der Waals surface area contributed by atoms with Crippen molar-refractivity contribution in [2.75, 3.05) is 13.7 Å². The summed E-state index contributed by atoms with van der Waals surface area (Å²) in [7, 11) is 1.66. The summed E-state index contributed by atoms with van der Waals surface area (Å²) in [6.07, 6.45) is 0.897. The van der Waals surface area contributed by atoms with E-state index in [9.17, 15) is 5.11 Å². The van der Waals surface area contributed by atoms with Gasteiger partial charge in [-0.25, -0.2) is 0 Å². The van der Waals surface area contributed by atoms with E-state index < -0.39 is 0 Å². The molecule has 2 N–H and O–H groups in total. The van der Waals surface area contributed by atoms with Gasteiger partial charge >= 0.3 is 0 Å². The lowest BCUT2D eigenvalue weighted by Crippen LogP contribution is -2.26. The first kappa shape index (κ1) is 13.8. The number of methoxy groups -OCH3 is 1. The van der Waals surface area contributed by atoms with Gasteiger partial charge in [-0.05, 0) is 24.3 Å². The van der Waals surface area contributed by atoms with Crippen LogP contribution < -0.4 is 14.8 Å². The SMILES string of the molecule is COc1ccc2c(c1)C(NCc1ccccc1O)CCO2. The van der Waals surface area contributed by atoms with Crippen molar-refractivity contribution in [2.45, 2.75) is 19.0 Å². The molecular formula is C17H19NO3. The quantitative estimate of drug-likeness (QED) is 0.906. The fourth-order valence-electron chi connectivity index (χ4n) is 2.61. The number of hydrogen-bond donors (Lipinski definition) is 2. The number of ether oxygens (including phenoxy) is 2. The van der Waals surface area contributed by atoms with Gasteiger partial charge < -0.3 is 19.9 Å². The highest BCUT2D eigenvalue weighted by molar-refractivity contribution is 5.43. The minimum Gasteiger partial charge on any atom is -0.508 e. The molecule has 110 valence electrons. The number of fused-ring (bicyclic) bond motifs is 1. The Bertz CT molecular complexity index is 627. The van der Waals surface area contributed by atoms with Gasteiger partial charge in [-0.3, -0.25) is 0 Å². The van der Waals surface area contributed by atoms with E-state index >= 15 is 0 Å². The second-order valence-electron chi connectivity index (χ2n) is 5.10. The van der Waals surface area contributed by atoms with Crippen LogP contribution in [0.2, 0.25) is 0 Å². The van der Waals surface area contributed by atoms with Gasteiger partial charge in [0.1, 0.15) is 17.2 Å². The average molecular weight is 285 g/mol. The van der Waals surface area contributed by atoms with E-state index in [2.05, 4.69) is 5.32 Å². The normalized spacial score (nSPS) is 16.9. The molecule has 1 aliphatic rings. The fraction of sp³-hybridized carbons (Fsp3) is 0.294. The molecule has 0 aromatic heterocycles. The highest BCUT2D eigenvalue weighted by Crippen LogP contribution is 2.35. The van der Waals surface area contributed by atoms with E-state index in [1.807, 2.05) is 36.4 Å². The van der Waals surface area contributed by atoms with Crippen LogP contribution in [0.4, 0.5) is 0 Å². The molecule has 21 heavy (non-hydrogen) atoms. The maximum atomic E-state index is 9.83. The number of phenolic OH excluding ortho intramolecular Hbond substituents is 1. The van der Waals surface area contributed by atoms with Crippen molar-refractivity contribution in [2.24, 2.45) is 0 Å². The Hall–Kier alpha value is -2.20. The number of hydrogen-bond acceptors (Lipinski definition) is 4. The van der Waals surface area contributed by atoms with Gasteiger partial charge in [0.2, 0.25) is 0 Å². The molecule has 1 heterocycles. The zero-order chi connectivity index (χ0) is 14.7. The first-order valence-corrected chi connectivity index (χ1v) is 7.09. The summed E-state index contributed by atoms with van der Waals surface area (Å²) >= 11 is 0. The molecule has 0 saturated heterocycles. The van der Waals surface area contributed by atoms with Crippen molar-refractivity contribution in [3.8, 4) is 17.2 Å². The van der Waals surface area contributed by atoms with E-state index in [4.69, 9.17) is 9.47 Å². The Kier molecular flexibility index (Phi) is 3.97. The lowest BCUT2D eigenvalue weighted by molar-refractivity contribution is 0.251. The van der Waals surface area contributed by atoms with Gasteiger partial charge in [-0.15, -0.1) is 0 Å². The molecule has 3 rings (SSSR count). The summed E-state index contributed by atoms with van der Waals surface area (Å²) in [4.78, 5) is 0. The van der Waals surface area contributed by atoms with Crippen molar-refractivity contribution < 1.29 is 14.6 Å². The molecule has 2 aromatic carbocycles. The zero-order valence-electron chi connectivity index (χ0n) is 12.0. The molecule has 0 bridgehead atoms. The van der Waals surface area contributed by atoms with E-state index in [-0.39, 0.29) is 6.04 Å². The maximum absolute atomic E-state index is 9.83. The highest BCUT2D eigenvalue weighted by atomic mass is 16.5. The second kappa shape index (κ2) is 6.06.